The monoisotopic (exact) mass is 343 g/mol. The van der Waals surface area contributed by atoms with Gasteiger partial charge in [-0.05, 0) is 12.5 Å². The van der Waals surface area contributed by atoms with Crippen molar-refractivity contribution in [1.82, 2.24) is 3.11 Å². The molecule has 1 fully saturated rings. The van der Waals surface area contributed by atoms with Crippen LogP contribution in [0.15, 0.2) is 11.9 Å². The Bertz CT molecular complexity index is 272. The Morgan fingerprint density at radius 3 is 2.87 bits per heavy atom. The molecule has 1 aliphatic heterocycles. The Morgan fingerprint density at radius 2 is 2.27 bits per heavy atom. The van der Waals surface area contributed by atoms with Crippen molar-refractivity contribution in [2.75, 3.05) is 13.1 Å². The quantitative estimate of drug-likeness (QED) is 0.333. The molecule has 0 aromatic carbocycles. The molecule has 0 saturated carbocycles. The molecule has 8 heteroatoms. The first-order valence-electron chi connectivity index (χ1n) is 4.43. The Labute approximate surface area is 104 Å². The van der Waals surface area contributed by atoms with Gasteiger partial charge in [-0.2, -0.15) is 0 Å². The Kier molecular flexibility index (Phi) is 5.28. The van der Waals surface area contributed by atoms with Crippen LogP contribution < -0.4 is 0 Å². The van der Waals surface area contributed by atoms with Gasteiger partial charge < -0.3 is 14.5 Å². The molecular formula is C7H12BINO4P. The van der Waals surface area contributed by atoms with E-state index in [0.29, 0.717) is 13.0 Å². The summed E-state index contributed by atoms with van der Waals surface area (Å²) in [5, 5.41) is 0. The second-order valence-electron chi connectivity index (χ2n) is 3.30. The normalized spacial score (nSPS) is 30.6. The molecule has 15 heavy (non-hydrogen) atoms. The zero-order valence-corrected chi connectivity index (χ0v) is 11.0. The fourth-order valence-electron chi connectivity index (χ4n) is 1.20. The van der Waals surface area contributed by atoms with Gasteiger partial charge in [0.1, 0.15) is 7.85 Å². The lowest BCUT2D eigenvalue weighted by atomic mass is 9.97. The van der Waals surface area contributed by atoms with E-state index in [9.17, 15) is 4.57 Å². The Balaban J connectivity index is 2.59. The van der Waals surface area contributed by atoms with E-state index in [1.807, 2.05) is 3.11 Å². The maximum Gasteiger partial charge on any atom is 0.348 e. The second-order valence-corrected chi connectivity index (χ2v) is 6.14. The van der Waals surface area contributed by atoms with Crippen molar-refractivity contribution in [3.63, 3.8) is 0 Å². The number of ether oxygens (including phenoxy) is 1. The molecule has 0 bridgehead atoms. The van der Waals surface area contributed by atoms with Crippen molar-refractivity contribution < 1.29 is 19.1 Å². The predicted molar refractivity (Wildman–Crippen MR) is 65.8 cm³/mol. The molecule has 2 N–H and O–H groups in total. The van der Waals surface area contributed by atoms with E-state index in [2.05, 4.69) is 22.9 Å². The molecule has 1 rings (SSSR count). The second kappa shape index (κ2) is 5.79. The Hall–Kier alpha value is 0.605. The van der Waals surface area contributed by atoms with Gasteiger partial charge in [-0.15, -0.1) is 0 Å². The van der Waals surface area contributed by atoms with Crippen molar-refractivity contribution in [1.29, 1.82) is 0 Å². The molecule has 1 saturated heterocycles. The average Bonchev–Trinajstić information content (AvgIpc) is 2.24. The summed E-state index contributed by atoms with van der Waals surface area (Å²) >= 11 is 2.14. The minimum atomic E-state index is -4.11. The van der Waals surface area contributed by atoms with E-state index >= 15 is 0 Å². The van der Waals surface area contributed by atoms with E-state index in [4.69, 9.17) is 22.4 Å². The summed E-state index contributed by atoms with van der Waals surface area (Å²) in [6.07, 6.45) is 1.72. The fourth-order valence-corrected chi connectivity index (χ4v) is 2.29. The number of hydrogen-bond acceptors (Lipinski definition) is 3. The van der Waals surface area contributed by atoms with E-state index in [1.54, 1.807) is 0 Å². The van der Waals surface area contributed by atoms with Crippen LogP contribution in [0.25, 0.3) is 0 Å². The van der Waals surface area contributed by atoms with E-state index in [0.717, 1.165) is 12.4 Å². The summed E-state index contributed by atoms with van der Waals surface area (Å²) in [5.74, 6) is 0.861. The van der Waals surface area contributed by atoms with Crippen LogP contribution in [0.2, 0.25) is 0 Å². The van der Waals surface area contributed by atoms with Crippen LogP contribution in [-0.2, 0) is 9.30 Å². The van der Waals surface area contributed by atoms with Gasteiger partial charge in [0.15, 0.2) is 0 Å². The van der Waals surface area contributed by atoms with Crippen molar-refractivity contribution in [2.45, 2.75) is 18.5 Å². The first-order valence-corrected chi connectivity index (χ1v) is 7.08. The highest BCUT2D eigenvalue weighted by Gasteiger charge is 2.19. The largest absolute Gasteiger partial charge is 0.379 e. The summed E-state index contributed by atoms with van der Waals surface area (Å²) < 4.78 is 18.0. The zero-order valence-electron chi connectivity index (χ0n) is 7.99. The lowest BCUT2D eigenvalue weighted by Crippen LogP contribution is -2.24. The molecular weight excluding hydrogens is 331 g/mol. The topological polar surface area (TPSA) is 70.0 Å². The maximum absolute atomic E-state index is 10.6. The van der Waals surface area contributed by atoms with Crippen molar-refractivity contribution in [2.24, 2.45) is 0 Å². The van der Waals surface area contributed by atoms with Gasteiger partial charge in [-0.25, -0.2) is 3.11 Å². The summed E-state index contributed by atoms with van der Waals surface area (Å²) in [6, 6.07) is -0.379. The molecule has 2 unspecified atom stereocenters. The minimum Gasteiger partial charge on any atom is -0.379 e. The van der Waals surface area contributed by atoms with Crippen LogP contribution in [0, 0.1) is 0 Å². The van der Waals surface area contributed by atoms with Crippen molar-refractivity contribution in [3.8, 4) is 0 Å². The molecule has 0 aromatic rings. The molecule has 0 aromatic heterocycles. The number of halogens is 1. The zero-order chi connectivity index (χ0) is 11.5. The summed E-state index contributed by atoms with van der Waals surface area (Å²) in [5.41, 5.74) is 0. The third-order valence-corrected chi connectivity index (χ3v) is 3.32. The van der Waals surface area contributed by atoms with Crippen LogP contribution in [-0.4, -0.2) is 45.9 Å². The molecule has 84 valence electrons. The highest BCUT2D eigenvalue weighted by atomic mass is 127. The smallest absolute Gasteiger partial charge is 0.348 e. The maximum atomic E-state index is 10.6. The number of nitrogens with zero attached hydrogens (tertiary/aromatic N) is 1. The third-order valence-electron chi connectivity index (χ3n) is 1.88. The first-order chi connectivity index (χ1) is 6.87. The van der Waals surface area contributed by atoms with Gasteiger partial charge in [0, 0.05) is 47.8 Å². The lowest BCUT2D eigenvalue weighted by Gasteiger charge is -2.16. The van der Waals surface area contributed by atoms with Gasteiger partial charge in [0.2, 0.25) is 0 Å². The van der Waals surface area contributed by atoms with Gasteiger partial charge >= 0.3 is 7.60 Å². The van der Waals surface area contributed by atoms with Gasteiger partial charge in [0.05, 0.1) is 6.10 Å². The van der Waals surface area contributed by atoms with Crippen LogP contribution in [0.3, 0.4) is 0 Å². The molecule has 0 amide bonds. The molecule has 2 radical (unpaired) electrons. The van der Waals surface area contributed by atoms with Crippen LogP contribution in [0.4, 0.5) is 0 Å². The molecule has 1 heterocycles. The van der Waals surface area contributed by atoms with Gasteiger partial charge in [-0.3, -0.25) is 4.57 Å². The van der Waals surface area contributed by atoms with Crippen molar-refractivity contribution >= 4 is 38.3 Å². The summed E-state index contributed by atoms with van der Waals surface area (Å²) in [7, 11) is 1.54. The van der Waals surface area contributed by atoms with Gasteiger partial charge in [-0.1, -0.05) is 0 Å². The van der Waals surface area contributed by atoms with E-state index < -0.39 is 7.60 Å². The lowest BCUT2D eigenvalue weighted by molar-refractivity contribution is 0.0702. The molecule has 2 atom stereocenters. The van der Waals surface area contributed by atoms with Crippen molar-refractivity contribution in [3.05, 3.63) is 11.9 Å². The molecule has 5 nitrogen and oxygen atoms in total. The highest BCUT2D eigenvalue weighted by molar-refractivity contribution is 14.1. The minimum absolute atomic E-state index is 0.368. The average molecular weight is 343 g/mol. The number of rotatable bonds is 2. The Morgan fingerprint density at radius 1 is 1.60 bits per heavy atom. The molecule has 1 aliphatic rings. The fraction of sp³-hybridized carbons (Fsp3) is 0.714. The number of hydrogen-bond donors (Lipinski definition) is 2. The van der Waals surface area contributed by atoms with E-state index in [-0.39, 0.29) is 12.1 Å². The molecule has 0 spiro atoms. The third kappa shape index (κ3) is 6.04. The predicted octanol–water partition coefficient (Wildman–Crippen LogP) is 0.613. The highest BCUT2D eigenvalue weighted by Crippen LogP contribution is 2.36. The van der Waals surface area contributed by atoms with Crippen LogP contribution in [0.5, 0.6) is 0 Å². The molecule has 0 aliphatic carbocycles. The standard InChI is InChI=1S/C7H12BINO4P/c8-7-1-3-10(9)5-6(14-7)2-4-15(11,12)13/h2,4,6-7H,1,3,5H2,(H2,11,12,13)/b4-2+. The van der Waals surface area contributed by atoms with Gasteiger partial charge in [0.25, 0.3) is 0 Å². The van der Waals surface area contributed by atoms with E-state index in [1.165, 1.54) is 6.08 Å². The SMILES string of the molecule is [B]C1CCN(I)CC(/C=C/P(=O)(O)O)O1. The summed E-state index contributed by atoms with van der Waals surface area (Å²) in [6.45, 7) is 1.38. The van der Waals surface area contributed by atoms with Crippen LogP contribution in [0.1, 0.15) is 6.42 Å². The first kappa shape index (κ1) is 13.7. The van der Waals surface area contributed by atoms with Crippen LogP contribution >= 0.6 is 30.5 Å². The summed E-state index contributed by atoms with van der Waals surface area (Å²) in [4.78, 5) is 17.3.